The molecular formula is C14H15N3O. The zero-order chi connectivity index (χ0) is 13.0. The average molecular weight is 241 g/mol. The zero-order valence-corrected chi connectivity index (χ0v) is 10.1. The number of hydrogen-bond acceptors (Lipinski definition) is 3. The summed E-state index contributed by atoms with van der Waals surface area (Å²) in [6.07, 6.45) is 3.42. The molecular weight excluding hydrogens is 226 g/mol. The molecule has 0 saturated heterocycles. The highest BCUT2D eigenvalue weighted by Crippen LogP contribution is 2.12. The molecule has 1 aromatic heterocycles. The van der Waals surface area contributed by atoms with Crippen LogP contribution in [0.5, 0.6) is 0 Å². The molecule has 92 valence electrons. The van der Waals surface area contributed by atoms with Gasteiger partial charge in [0.2, 0.25) is 0 Å². The van der Waals surface area contributed by atoms with Crippen LogP contribution in [0, 0.1) is 0 Å². The Labute approximate surface area is 106 Å². The highest BCUT2D eigenvalue weighted by Gasteiger charge is 2.10. The average Bonchev–Trinajstić information content (AvgIpc) is 2.40. The van der Waals surface area contributed by atoms with Crippen molar-refractivity contribution in [1.82, 2.24) is 10.3 Å². The second-order valence-electron chi connectivity index (χ2n) is 4.10. The van der Waals surface area contributed by atoms with Crippen molar-refractivity contribution in [1.29, 1.82) is 0 Å². The monoisotopic (exact) mass is 241 g/mol. The van der Waals surface area contributed by atoms with E-state index in [0.717, 1.165) is 5.56 Å². The maximum absolute atomic E-state index is 12.0. The van der Waals surface area contributed by atoms with Crippen LogP contribution in [0.15, 0.2) is 48.8 Å². The van der Waals surface area contributed by atoms with E-state index in [1.807, 2.05) is 19.1 Å². The zero-order valence-electron chi connectivity index (χ0n) is 10.1. The third-order valence-electron chi connectivity index (χ3n) is 2.73. The van der Waals surface area contributed by atoms with Crippen molar-refractivity contribution < 1.29 is 4.79 Å². The van der Waals surface area contributed by atoms with Crippen molar-refractivity contribution in [3.05, 3.63) is 59.9 Å². The van der Waals surface area contributed by atoms with Crippen molar-refractivity contribution in [3.63, 3.8) is 0 Å². The van der Waals surface area contributed by atoms with Gasteiger partial charge in [-0.2, -0.15) is 0 Å². The molecule has 0 aliphatic rings. The summed E-state index contributed by atoms with van der Waals surface area (Å²) in [7, 11) is 0. The molecule has 4 heteroatoms. The number of nitrogens with zero attached hydrogens (tertiary/aromatic N) is 1. The number of nitrogen functional groups attached to an aromatic ring is 1. The van der Waals surface area contributed by atoms with Gasteiger partial charge in [-0.25, -0.2) is 0 Å². The first-order valence-corrected chi connectivity index (χ1v) is 5.73. The number of carbonyl (C=O) groups is 1. The van der Waals surface area contributed by atoms with E-state index in [0.29, 0.717) is 11.3 Å². The van der Waals surface area contributed by atoms with Gasteiger partial charge in [0.15, 0.2) is 0 Å². The molecule has 0 spiro atoms. The molecule has 3 N–H and O–H groups in total. The summed E-state index contributed by atoms with van der Waals surface area (Å²) in [4.78, 5) is 15.9. The Morgan fingerprint density at radius 3 is 2.39 bits per heavy atom. The van der Waals surface area contributed by atoms with Gasteiger partial charge in [0.25, 0.3) is 5.91 Å². The number of aromatic nitrogens is 1. The first kappa shape index (κ1) is 12.1. The molecule has 1 atom stereocenters. The van der Waals surface area contributed by atoms with Crippen molar-refractivity contribution >= 4 is 11.6 Å². The second kappa shape index (κ2) is 5.31. The van der Waals surface area contributed by atoms with Crippen LogP contribution in [0.4, 0.5) is 5.69 Å². The van der Waals surface area contributed by atoms with Crippen LogP contribution in [0.3, 0.4) is 0 Å². The molecule has 18 heavy (non-hydrogen) atoms. The molecule has 1 aromatic carbocycles. The van der Waals surface area contributed by atoms with Gasteiger partial charge < -0.3 is 11.1 Å². The first-order valence-electron chi connectivity index (χ1n) is 5.73. The number of benzene rings is 1. The second-order valence-corrected chi connectivity index (χ2v) is 4.10. The van der Waals surface area contributed by atoms with Gasteiger partial charge in [-0.15, -0.1) is 0 Å². The molecule has 0 aliphatic carbocycles. The molecule has 0 fully saturated rings. The van der Waals surface area contributed by atoms with Gasteiger partial charge in [0.05, 0.1) is 6.04 Å². The number of carbonyl (C=O) groups excluding carboxylic acids is 1. The number of hydrogen-bond donors (Lipinski definition) is 2. The number of pyridine rings is 1. The summed E-state index contributed by atoms with van der Waals surface area (Å²) in [5.74, 6) is -0.112. The Balaban J connectivity index is 2.06. The van der Waals surface area contributed by atoms with E-state index < -0.39 is 0 Å². The Morgan fingerprint density at radius 2 is 1.78 bits per heavy atom. The number of rotatable bonds is 3. The third kappa shape index (κ3) is 2.85. The van der Waals surface area contributed by atoms with Crippen LogP contribution in [-0.4, -0.2) is 10.9 Å². The van der Waals surface area contributed by atoms with E-state index in [-0.39, 0.29) is 11.9 Å². The van der Waals surface area contributed by atoms with Crippen LogP contribution in [0.1, 0.15) is 28.9 Å². The van der Waals surface area contributed by atoms with Crippen molar-refractivity contribution in [2.45, 2.75) is 13.0 Å². The minimum atomic E-state index is -0.112. The number of anilines is 1. The SMILES string of the molecule is C[C@@H](NC(=O)c1ccc(N)cc1)c1ccncc1. The summed E-state index contributed by atoms with van der Waals surface area (Å²) in [5.41, 5.74) is 7.85. The number of nitrogens with two attached hydrogens (primary N) is 1. The maximum atomic E-state index is 12.0. The topological polar surface area (TPSA) is 68.0 Å². The summed E-state index contributed by atoms with van der Waals surface area (Å²) in [6.45, 7) is 1.94. The summed E-state index contributed by atoms with van der Waals surface area (Å²) in [5, 5.41) is 2.92. The minimum Gasteiger partial charge on any atom is -0.399 e. The van der Waals surface area contributed by atoms with E-state index in [4.69, 9.17) is 5.73 Å². The van der Waals surface area contributed by atoms with Crippen LogP contribution < -0.4 is 11.1 Å². The fourth-order valence-corrected chi connectivity index (χ4v) is 1.65. The Morgan fingerprint density at radius 1 is 1.17 bits per heavy atom. The summed E-state index contributed by atoms with van der Waals surface area (Å²) >= 11 is 0. The lowest BCUT2D eigenvalue weighted by atomic mass is 10.1. The number of nitrogens with one attached hydrogen (secondary N) is 1. The lowest BCUT2D eigenvalue weighted by molar-refractivity contribution is 0.0940. The van der Waals surface area contributed by atoms with E-state index in [2.05, 4.69) is 10.3 Å². The van der Waals surface area contributed by atoms with Crippen LogP contribution in [-0.2, 0) is 0 Å². The molecule has 2 rings (SSSR count). The number of amides is 1. The van der Waals surface area contributed by atoms with Crippen molar-refractivity contribution in [3.8, 4) is 0 Å². The van der Waals surface area contributed by atoms with E-state index in [1.165, 1.54) is 0 Å². The molecule has 4 nitrogen and oxygen atoms in total. The Bertz CT molecular complexity index is 522. The fourth-order valence-electron chi connectivity index (χ4n) is 1.65. The van der Waals surface area contributed by atoms with Crippen LogP contribution >= 0.6 is 0 Å². The van der Waals surface area contributed by atoms with Crippen LogP contribution in [0.25, 0.3) is 0 Å². The summed E-state index contributed by atoms with van der Waals surface area (Å²) < 4.78 is 0. The van der Waals surface area contributed by atoms with Crippen molar-refractivity contribution in [2.24, 2.45) is 0 Å². The molecule has 1 heterocycles. The molecule has 2 aromatic rings. The lowest BCUT2D eigenvalue weighted by Crippen LogP contribution is -2.26. The van der Waals surface area contributed by atoms with Gasteiger partial charge in [0.1, 0.15) is 0 Å². The molecule has 0 radical (unpaired) electrons. The molecule has 0 saturated carbocycles. The Hall–Kier alpha value is -2.36. The smallest absolute Gasteiger partial charge is 0.251 e. The highest BCUT2D eigenvalue weighted by molar-refractivity contribution is 5.94. The van der Waals surface area contributed by atoms with Crippen molar-refractivity contribution in [2.75, 3.05) is 5.73 Å². The maximum Gasteiger partial charge on any atom is 0.251 e. The predicted molar refractivity (Wildman–Crippen MR) is 71.0 cm³/mol. The summed E-state index contributed by atoms with van der Waals surface area (Å²) in [6, 6.07) is 10.6. The largest absolute Gasteiger partial charge is 0.399 e. The molecule has 1 amide bonds. The van der Waals surface area contributed by atoms with Gasteiger partial charge in [0, 0.05) is 23.6 Å². The Kier molecular flexibility index (Phi) is 3.57. The van der Waals surface area contributed by atoms with Gasteiger partial charge in [-0.05, 0) is 48.9 Å². The van der Waals surface area contributed by atoms with Gasteiger partial charge >= 0.3 is 0 Å². The fraction of sp³-hybridized carbons (Fsp3) is 0.143. The van der Waals surface area contributed by atoms with E-state index >= 15 is 0 Å². The highest BCUT2D eigenvalue weighted by atomic mass is 16.1. The van der Waals surface area contributed by atoms with E-state index in [1.54, 1.807) is 36.7 Å². The molecule has 0 unspecified atom stereocenters. The normalized spacial score (nSPS) is 11.8. The molecule has 0 aliphatic heterocycles. The quantitative estimate of drug-likeness (QED) is 0.809. The standard InChI is InChI=1S/C14H15N3O/c1-10(11-6-8-16-9-7-11)17-14(18)12-2-4-13(15)5-3-12/h2-10H,15H2,1H3,(H,17,18)/t10-/m1/s1. The minimum absolute atomic E-state index is 0.0574. The van der Waals surface area contributed by atoms with Crippen LogP contribution in [0.2, 0.25) is 0 Å². The third-order valence-corrected chi connectivity index (χ3v) is 2.73. The van der Waals surface area contributed by atoms with Gasteiger partial charge in [-0.3, -0.25) is 9.78 Å². The predicted octanol–water partition coefficient (Wildman–Crippen LogP) is 2.15. The lowest BCUT2D eigenvalue weighted by Gasteiger charge is -2.14. The first-order chi connectivity index (χ1) is 8.66. The van der Waals surface area contributed by atoms with Gasteiger partial charge in [-0.1, -0.05) is 0 Å². The van der Waals surface area contributed by atoms with E-state index in [9.17, 15) is 4.79 Å². The molecule has 0 bridgehead atoms.